The van der Waals surface area contributed by atoms with Gasteiger partial charge < -0.3 is 4.74 Å². The highest BCUT2D eigenvalue weighted by molar-refractivity contribution is 7.92. The summed E-state index contributed by atoms with van der Waals surface area (Å²) < 4.78 is 71.3. The fourth-order valence-corrected chi connectivity index (χ4v) is 3.68. The highest BCUT2D eigenvalue weighted by atomic mass is 32.2. The summed E-state index contributed by atoms with van der Waals surface area (Å²) in [5.74, 6) is 0.502. The molecule has 0 aliphatic carbocycles. The summed E-state index contributed by atoms with van der Waals surface area (Å²) in [6, 6.07) is 7.20. The number of benzene rings is 2. The minimum atomic E-state index is -4.66. The number of hydrogen-bond acceptors (Lipinski definition) is 3. The Morgan fingerprint density at radius 1 is 1.00 bits per heavy atom. The fraction of sp³-hybridized carbons (Fsp3) is 0.250. The maximum absolute atomic E-state index is 13.0. The molecule has 8 heteroatoms. The Labute approximate surface area is 138 Å². The monoisotopic (exact) mass is 359 g/mol. The molecule has 0 unspecified atom stereocenters. The number of methoxy groups -OCH3 is 1. The molecule has 0 radical (unpaired) electrons. The van der Waals surface area contributed by atoms with Crippen molar-refractivity contribution in [1.29, 1.82) is 0 Å². The van der Waals surface area contributed by atoms with Crippen LogP contribution in [0.5, 0.6) is 5.75 Å². The van der Waals surface area contributed by atoms with Crippen LogP contribution in [0.1, 0.15) is 16.7 Å². The number of anilines is 1. The van der Waals surface area contributed by atoms with E-state index in [1.165, 1.54) is 31.4 Å². The highest BCUT2D eigenvalue weighted by Crippen LogP contribution is 2.36. The van der Waals surface area contributed by atoms with E-state index in [9.17, 15) is 21.6 Å². The number of ether oxygens (including phenoxy) is 1. The van der Waals surface area contributed by atoms with E-state index in [0.717, 1.165) is 12.1 Å². The lowest BCUT2D eigenvalue weighted by Crippen LogP contribution is -2.18. The summed E-state index contributed by atoms with van der Waals surface area (Å²) in [4.78, 5) is -0.0993. The van der Waals surface area contributed by atoms with Gasteiger partial charge in [-0.2, -0.15) is 13.2 Å². The Balaban J connectivity index is 2.50. The lowest BCUT2D eigenvalue weighted by molar-refractivity contribution is -0.136. The maximum Gasteiger partial charge on any atom is 0.418 e. The molecule has 0 bridgehead atoms. The van der Waals surface area contributed by atoms with Gasteiger partial charge in [0.05, 0.1) is 23.3 Å². The van der Waals surface area contributed by atoms with Gasteiger partial charge in [0.1, 0.15) is 5.75 Å². The zero-order chi connectivity index (χ0) is 18.1. The van der Waals surface area contributed by atoms with E-state index >= 15 is 0 Å². The van der Waals surface area contributed by atoms with E-state index in [1.54, 1.807) is 13.8 Å². The van der Waals surface area contributed by atoms with Crippen molar-refractivity contribution >= 4 is 15.7 Å². The molecule has 4 nitrogen and oxygen atoms in total. The first-order valence-electron chi connectivity index (χ1n) is 6.91. The molecule has 0 atom stereocenters. The summed E-state index contributed by atoms with van der Waals surface area (Å²) in [6.45, 7) is 3.25. The van der Waals surface area contributed by atoms with Crippen molar-refractivity contribution in [1.82, 2.24) is 0 Å². The summed E-state index contributed by atoms with van der Waals surface area (Å²) in [5, 5.41) is 0. The van der Waals surface area contributed by atoms with Crippen LogP contribution in [0.2, 0.25) is 0 Å². The SMILES string of the molecule is COc1ccc(S(=O)(=O)Nc2ccccc2C(F)(F)F)c(C)c1C. The fourth-order valence-electron chi connectivity index (χ4n) is 2.30. The van der Waals surface area contributed by atoms with Crippen LogP contribution in [0.25, 0.3) is 0 Å². The molecular formula is C16H16F3NO3S. The van der Waals surface area contributed by atoms with Crippen LogP contribution in [0.3, 0.4) is 0 Å². The second-order valence-electron chi connectivity index (χ2n) is 5.16. The minimum absolute atomic E-state index is 0.0993. The van der Waals surface area contributed by atoms with Gasteiger partial charge in [-0.1, -0.05) is 12.1 Å². The van der Waals surface area contributed by atoms with Gasteiger partial charge in [0.25, 0.3) is 10.0 Å². The quantitative estimate of drug-likeness (QED) is 0.893. The van der Waals surface area contributed by atoms with E-state index in [2.05, 4.69) is 0 Å². The van der Waals surface area contributed by atoms with Crippen LogP contribution >= 0.6 is 0 Å². The molecule has 1 N–H and O–H groups in total. The lowest BCUT2D eigenvalue weighted by atomic mass is 10.1. The Morgan fingerprint density at radius 3 is 2.21 bits per heavy atom. The molecule has 24 heavy (non-hydrogen) atoms. The van der Waals surface area contributed by atoms with Crippen molar-refractivity contribution < 1.29 is 26.3 Å². The molecule has 2 aromatic carbocycles. The summed E-state index contributed by atoms with van der Waals surface area (Å²) in [7, 11) is -2.73. The number of para-hydroxylation sites is 1. The Hall–Kier alpha value is -2.22. The number of hydrogen-bond donors (Lipinski definition) is 1. The van der Waals surface area contributed by atoms with Crippen LogP contribution in [-0.2, 0) is 16.2 Å². The van der Waals surface area contributed by atoms with E-state index in [-0.39, 0.29) is 4.90 Å². The van der Waals surface area contributed by atoms with Crippen LogP contribution in [0, 0.1) is 13.8 Å². The highest BCUT2D eigenvalue weighted by Gasteiger charge is 2.34. The molecule has 2 aromatic rings. The second kappa shape index (κ2) is 6.35. The summed E-state index contributed by atoms with van der Waals surface area (Å²) in [6.07, 6.45) is -4.66. The number of alkyl halides is 3. The summed E-state index contributed by atoms with van der Waals surface area (Å²) in [5.41, 5.74) is -0.551. The molecular weight excluding hydrogens is 343 g/mol. The first-order chi connectivity index (χ1) is 11.1. The molecule has 0 heterocycles. The number of nitrogens with one attached hydrogen (secondary N) is 1. The summed E-state index contributed by atoms with van der Waals surface area (Å²) >= 11 is 0. The van der Waals surface area contributed by atoms with Gasteiger partial charge in [0, 0.05) is 0 Å². The molecule has 0 amide bonds. The van der Waals surface area contributed by atoms with Crippen molar-refractivity contribution in [2.75, 3.05) is 11.8 Å². The van der Waals surface area contributed by atoms with E-state index in [4.69, 9.17) is 4.74 Å². The van der Waals surface area contributed by atoms with Crippen molar-refractivity contribution in [3.05, 3.63) is 53.1 Å². The zero-order valence-electron chi connectivity index (χ0n) is 13.2. The predicted octanol–water partition coefficient (Wildman–Crippen LogP) is 4.13. The Bertz CT molecular complexity index is 861. The van der Waals surface area contributed by atoms with Gasteiger partial charge in [-0.05, 0) is 49.2 Å². The third-order valence-electron chi connectivity index (χ3n) is 3.67. The molecule has 0 saturated heterocycles. The van der Waals surface area contributed by atoms with Gasteiger partial charge in [-0.3, -0.25) is 4.72 Å². The van der Waals surface area contributed by atoms with Crippen LogP contribution in [0.4, 0.5) is 18.9 Å². The van der Waals surface area contributed by atoms with Gasteiger partial charge in [-0.25, -0.2) is 8.42 Å². The Morgan fingerprint density at radius 2 is 1.62 bits per heavy atom. The van der Waals surface area contributed by atoms with Gasteiger partial charge in [0.15, 0.2) is 0 Å². The van der Waals surface area contributed by atoms with Crippen molar-refractivity contribution in [2.45, 2.75) is 24.9 Å². The van der Waals surface area contributed by atoms with Gasteiger partial charge >= 0.3 is 6.18 Å². The molecule has 0 aliphatic heterocycles. The molecule has 0 fully saturated rings. The van der Waals surface area contributed by atoms with Crippen LogP contribution in [-0.4, -0.2) is 15.5 Å². The van der Waals surface area contributed by atoms with Gasteiger partial charge in [0.2, 0.25) is 0 Å². The molecule has 0 aliphatic rings. The molecule has 0 aromatic heterocycles. The molecule has 0 saturated carbocycles. The topological polar surface area (TPSA) is 55.4 Å². The van der Waals surface area contributed by atoms with Gasteiger partial charge in [-0.15, -0.1) is 0 Å². The van der Waals surface area contributed by atoms with Crippen LogP contribution in [0.15, 0.2) is 41.3 Å². The third kappa shape index (κ3) is 3.48. The average Bonchev–Trinajstić information content (AvgIpc) is 2.48. The smallest absolute Gasteiger partial charge is 0.418 e. The standard InChI is InChI=1S/C16H16F3NO3S/c1-10-11(2)15(9-8-14(10)23-3)24(21,22)20-13-7-5-4-6-12(13)16(17,18)19/h4-9,20H,1-3H3. The number of halogens is 3. The first kappa shape index (κ1) is 18.1. The number of sulfonamides is 1. The predicted molar refractivity (Wildman–Crippen MR) is 84.7 cm³/mol. The van der Waals surface area contributed by atoms with Crippen molar-refractivity contribution in [3.63, 3.8) is 0 Å². The van der Waals surface area contributed by atoms with Crippen LogP contribution < -0.4 is 9.46 Å². The zero-order valence-corrected chi connectivity index (χ0v) is 14.0. The average molecular weight is 359 g/mol. The van der Waals surface area contributed by atoms with Crippen molar-refractivity contribution in [2.24, 2.45) is 0 Å². The largest absolute Gasteiger partial charge is 0.496 e. The minimum Gasteiger partial charge on any atom is -0.496 e. The first-order valence-corrected chi connectivity index (χ1v) is 8.39. The molecule has 0 spiro atoms. The normalized spacial score (nSPS) is 12.1. The maximum atomic E-state index is 13.0. The van der Waals surface area contributed by atoms with Crippen molar-refractivity contribution in [3.8, 4) is 5.75 Å². The van der Waals surface area contributed by atoms with E-state index < -0.39 is 27.5 Å². The third-order valence-corrected chi connectivity index (χ3v) is 5.18. The number of rotatable bonds is 4. The molecule has 2 rings (SSSR count). The van der Waals surface area contributed by atoms with E-state index in [0.29, 0.717) is 16.9 Å². The second-order valence-corrected chi connectivity index (χ2v) is 6.82. The van der Waals surface area contributed by atoms with E-state index in [1.807, 2.05) is 4.72 Å². The lowest BCUT2D eigenvalue weighted by Gasteiger charge is -2.17. The Kier molecular flexibility index (Phi) is 4.80. The molecule has 130 valence electrons.